The number of alkyl halides is 2. The Hall–Kier alpha value is -1.76. The molecule has 1 rings (SSSR count). The maximum Gasteiger partial charge on any atom is 0.257 e. The largest absolute Gasteiger partial charge is 0.399 e. The maximum atomic E-state index is 13.4. The predicted molar refractivity (Wildman–Crippen MR) is 59.8 cm³/mol. The zero-order valence-electron chi connectivity index (χ0n) is 9.44. The average Bonchev–Trinajstić information content (AvgIpc) is 2.30. The predicted octanol–water partition coefficient (Wildman–Crippen LogP) is 1.11. The monoisotopic (exact) mass is 262 g/mol. The van der Waals surface area contributed by atoms with E-state index in [-0.39, 0.29) is 17.8 Å². The fraction of sp³-hybridized carbons (Fsp3) is 0.364. The van der Waals surface area contributed by atoms with Crippen molar-refractivity contribution in [3.63, 3.8) is 0 Å². The lowest BCUT2D eigenvalue weighted by Crippen LogP contribution is -2.37. The topological polar surface area (TPSA) is 66.6 Å². The molecule has 0 atom stereocenters. The molecular weight excluding hydrogens is 249 g/mol. The quantitative estimate of drug-likeness (QED) is 0.781. The molecule has 1 aromatic rings. The molecule has 0 saturated carbocycles. The van der Waals surface area contributed by atoms with Crippen molar-refractivity contribution in [2.24, 2.45) is 0 Å². The van der Waals surface area contributed by atoms with Crippen LogP contribution in [0.1, 0.15) is 10.4 Å². The van der Waals surface area contributed by atoms with Gasteiger partial charge < -0.3 is 15.7 Å². The van der Waals surface area contributed by atoms with Gasteiger partial charge in [0.2, 0.25) is 0 Å². The van der Waals surface area contributed by atoms with Crippen LogP contribution >= 0.6 is 0 Å². The van der Waals surface area contributed by atoms with Crippen molar-refractivity contribution < 1.29 is 23.1 Å². The third kappa shape index (κ3) is 3.63. The van der Waals surface area contributed by atoms with Crippen LogP contribution in [0.4, 0.5) is 18.9 Å². The molecule has 0 saturated heterocycles. The number of nitrogens with zero attached hydrogens (tertiary/aromatic N) is 1. The lowest BCUT2D eigenvalue weighted by molar-refractivity contribution is 0.0505. The molecule has 0 aliphatic heterocycles. The summed E-state index contributed by atoms with van der Waals surface area (Å²) in [7, 11) is 0. The molecule has 0 aliphatic carbocycles. The normalized spacial score (nSPS) is 10.7. The van der Waals surface area contributed by atoms with Gasteiger partial charge in [0.1, 0.15) is 5.82 Å². The first-order valence-electron chi connectivity index (χ1n) is 5.19. The minimum Gasteiger partial charge on any atom is -0.399 e. The molecular formula is C11H13F3N2O2. The number of carbonyl (C=O) groups excluding carboxylic acids is 1. The summed E-state index contributed by atoms with van der Waals surface area (Å²) in [6.07, 6.45) is -2.76. The summed E-state index contributed by atoms with van der Waals surface area (Å²) in [5.74, 6) is -1.76. The van der Waals surface area contributed by atoms with Gasteiger partial charge >= 0.3 is 0 Å². The van der Waals surface area contributed by atoms with Crippen molar-refractivity contribution in [2.45, 2.75) is 6.43 Å². The molecule has 0 radical (unpaired) electrons. The van der Waals surface area contributed by atoms with E-state index in [2.05, 4.69) is 0 Å². The Morgan fingerprint density at radius 2 is 2.11 bits per heavy atom. The second kappa shape index (κ2) is 6.25. The SMILES string of the molecule is Nc1ccc(F)c(C(=O)N(CCO)CC(F)F)c1. The van der Waals surface area contributed by atoms with Gasteiger partial charge in [0.05, 0.1) is 18.7 Å². The first-order valence-corrected chi connectivity index (χ1v) is 5.19. The second-order valence-corrected chi connectivity index (χ2v) is 3.61. The van der Waals surface area contributed by atoms with Crippen molar-refractivity contribution in [3.8, 4) is 0 Å². The Bertz CT molecular complexity index is 427. The molecule has 0 heterocycles. The number of hydrogen-bond donors (Lipinski definition) is 2. The Balaban J connectivity index is 2.97. The summed E-state index contributed by atoms with van der Waals surface area (Å²) >= 11 is 0. The van der Waals surface area contributed by atoms with Gasteiger partial charge in [-0.3, -0.25) is 4.79 Å². The molecule has 0 aliphatic rings. The summed E-state index contributed by atoms with van der Waals surface area (Å²) < 4.78 is 37.9. The van der Waals surface area contributed by atoms with E-state index >= 15 is 0 Å². The van der Waals surface area contributed by atoms with Crippen molar-refractivity contribution in [1.82, 2.24) is 4.90 Å². The molecule has 18 heavy (non-hydrogen) atoms. The van der Waals surface area contributed by atoms with Crippen molar-refractivity contribution in [1.29, 1.82) is 0 Å². The molecule has 0 bridgehead atoms. The summed E-state index contributed by atoms with van der Waals surface area (Å²) in [6, 6.07) is 3.32. The highest BCUT2D eigenvalue weighted by molar-refractivity contribution is 5.95. The van der Waals surface area contributed by atoms with Crippen molar-refractivity contribution >= 4 is 11.6 Å². The number of aliphatic hydroxyl groups excluding tert-OH is 1. The molecule has 1 amide bonds. The lowest BCUT2D eigenvalue weighted by Gasteiger charge is -2.21. The summed E-state index contributed by atoms with van der Waals surface area (Å²) in [5, 5.41) is 8.71. The minimum atomic E-state index is -2.76. The van der Waals surface area contributed by atoms with Gasteiger partial charge in [-0.15, -0.1) is 0 Å². The number of nitrogens with two attached hydrogens (primary N) is 1. The number of rotatable bonds is 5. The zero-order valence-corrected chi connectivity index (χ0v) is 9.44. The molecule has 7 heteroatoms. The highest BCUT2D eigenvalue weighted by atomic mass is 19.3. The van der Waals surface area contributed by atoms with Gasteiger partial charge in [-0.2, -0.15) is 0 Å². The van der Waals surface area contributed by atoms with Crippen LogP contribution in [0.15, 0.2) is 18.2 Å². The number of benzene rings is 1. The van der Waals surface area contributed by atoms with Gasteiger partial charge in [0.25, 0.3) is 12.3 Å². The number of amides is 1. The van der Waals surface area contributed by atoms with E-state index in [0.717, 1.165) is 12.1 Å². The van der Waals surface area contributed by atoms with Crippen LogP contribution in [0.3, 0.4) is 0 Å². The third-order valence-electron chi connectivity index (χ3n) is 2.24. The van der Waals surface area contributed by atoms with Crippen LogP contribution in [-0.4, -0.2) is 42.0 Å². The van der Waals surface area contributed by atoms with Crippen molar-refractivity contribution in [3.05, 3.63) is 29.6 Å². The molecule has 0 fully saturated rings. The number of hydrogen-bond acceptors (Lipinski definition) is 3. The number of halogens is 3. The summed E-state index contributed by atoms with van der Waals surface area (Å²) in [6.45, 7) is -1.65. The van der Waals surface area contributed by atoms with Gasteiger partial charge in [0, 0.05) is 12.2 Å². The Kier molecular flexibility index (Phi) is 4.96. The molecule has 0 aromatic heterocycles. The number of anilines is 1. The van der Waals surface area contributed by atoms with Crippen LogP contribution in [0.2, 0.25) is 0 Å². The maximum absolute atomic E-state index is 13.4. The Morgan fingerprint density at radius 3 is 2.67 bits per heavy atom. The van der Waals surface area contributed by atoms with Gasteiger partial charge in [-0.1, -0.05) is 0 Å². The molecule has 0 spiro atoms. The zero-order chi connectivity index (χ0) is 13.7. The van der Waals surface area contributed by atoms with E-state index < -0.39 is 31.3 Å². The Morgan fingerprint density at radius 1 is 1.44 bits per heavy atom. The second-order valence-electron chi connectivity index (χ2n) is 3.61. The van der Waals surface area contributed by atoms with E-state index in [1.54, 1.807) is 0 Å². The average molecular weight is 262 g/mol. The number of nitrogen functional groups attached to an aromatic ring is 1. The van der Waals surface area contributed by atoms with Gasteiger partial charge in [-0.25, -0.2) is 13.2 Å². The standard InChI is InChI=1S/C11H13F3N2O2/c12-9-2-1-7(15)5-8(9)11(18)16(3-4-17)6-10(13)14/h1-2,5,10,17H,3-4,6,15H2. The first-order chi connectivity index (χ1) is 8.45. The van der Waals surface area contributed by atoms with Crippen LogP contribution in [0.5, 0.6) is 0 Å². The summed E-state index contributed by atoms with van der Waals surface area (Å²) in [5.41, 5.74) is 5.17. The smallest absolute Gasteiger partial charge is 0.257 e. The van der Waals surface area contributed by atoms with E-state index in [4.69, 9.17) is 10.8 Å². The van der Waals surface area contributed by atoms with Gasteiger partial charge in [0.15, 0.2) is 0 Å². The lowest BCUT2D eigenvalue weighted by atomic mass is 10.1. The Labute approximate surface area is 102 Å². The van der Waals surface area contributed by atoms with Crippen molar-refractivity contribution in [2.75, 3.05) is 25.4 Å². The highest BCUT2D eigenvalue weighted by Crippen LogP contribution is 2.15. The summed E-state index contributed by atoms with van der Waals surface area (Å²) in [4.78, 5) is 12.5. The molecule has 100 valence electrons. The van der Waals surface area contributed by atoms with E-state index in [1.165, 1.54) is 6.07 Å². The molecule has 4 nitrogen and oxygen atoms in total. The molecule has 1 aromatic carbocycles. The van der Waals surface area contributed by atoms with Crippen LogP contribution < -0.4 is 5.73 Å². The van der Waals surface area contributed by atoms with Gasteiger partial charge in [-0.05, 0) is 18.2 Å². The number of carbonyl (C=O) groups is 1. The van der Waals surface area contributed by atoms with Crippen LogP contribution in [0, 0.1) is 5.82 Å². The van der Waals surface area contributed by atoms with Crippen LogP contribution in [0.25, 0.3) is 0 Å². The molecule has 0 unspecified atom stereocenters. The first kappa shape index (κ1) is 14.3. The molecule has 3 N–H and O–H groups in total. The van der Waals surface area contributed by atoms with E-state index in [0.29, 0.717) is 4.90 Å². The van der Waals surface area contributed by atoms with Crippen LogP contribution in [-0.2, 0) is 0 Å². The highest BCUT2D eigenvalue weighted by Gasteiger charge is 2.22. The minimum absolute atomic E-state index is 0.153. The van der Waals surface area contributed by atoms with E-state index in [9.17, 15) is 18.0 Å². The van der Waals surface area contributed by atoms with E-state index in [1.807, 2.05) is 0 Å². The third-order valence-corrected chi connectivity index (χ3v) is 2.24. The number of aliphatic hydroxyl groups is 1. The fourth-order valence-corrected chi connectivity index (χ4v) is 1.44. The fourth-order valence-electron chi connectivity index (χ4n) is 1.44.